The Morgan fingerprint density at radius 1 is 0.964 bits per heavy atom. The molecular weight excluding hydrogens is 420 g/mol. The number of aromatic nitrogens is 2. The molecular formula is C21H19BrN4O2. The molecule has 3 aromatic rings. The van der Waals surface area contributed by atoms with Crippen LogP contribution < -0.4 is 10.6 Å². The van der Waals surface area contributed by atoms with Crippen molar-refractivity contribution in [2.75, 3.05) is 5.32 Å². The van der Waals surface area contributed by atoms with Crippen LogP contribution in [0.1, 0.15) is 27.2 Å². The van der Waals surface area contributed by atoms with Crippen molar-refractivity contribution < 1.29 is 9.59 Å². The topological polar surface area (TPSA) is 84.0 Å². The summed E-state index contributed by atoms with van der Waals surface area (Å²) < 4.78 is 0.977. The van der Waals surface area contributed by atoms with Gasteiger partial charge in [0, 0.05) is 15.6 Å². The zero-order valence-corrected chi connectivity index (χ0v) is 17.3. The second kappa shape index (κ2) is 8.31. The number of amides is 3. The Labute approximate surface area is 171 Å². The molecule has 0 saturated carbocycles. The number of nitrogens with zero attached hydrogens (tertiary/aromatic N) is 2. The lowest BCUT2D eigenvalue weighted by Gasteiger charge is -2.11. The maximum atomic E-state index is 12.4. The molecule has 142 valence electrons. The molecule has 0 bridgehead atoms. The first-order chi connectivity index (χ1) is 13.3. The smallest absolute Gasteiger partial charge is 0.291 e. The fourth-order valence-corrected chi connectivity index (χ4v) is 3.18. The summed E-state index contributed by atoms with van der Waals surface area (Å²) in [4.78, 5) is 33.4. The molecule has 3 amide bonds. The lowest BCUT2D eigenvalue weighted by atomic mass is 10.0. The normalized spacial score (nSPS) is 10.4. The zero-order valence-electron chi connectivity index (χ0n) is 15.7. The lowest BCUT2D eigenvalue weighted by Crippen LogP contribution is -2.35. The second-order valence-corrected chi connectivity index (χ2v) is 7.29. The molecule has 0 saturated heterocycles. The van der Waals surface area contributed by atoms with E-state index in [4.69, 9.17) is 0 Å². The van der Waals surface area contributed by atoms with E-state index >= 15 is 0 Å². The molecule has 1 heterocycles. The van der Waals surface area contributed by atoms with Gasteiger partial charge >= 0.3 is 6.03 Å². The van der Waals surface area contributed by atoms with Gasteiger partial charge < -0.3 is 0 Å². The summed E-state index contributed by atoms with van der Waals surface area (Å²) >= 11 is 3.40. The average Bonchev–Trinajstić information content (AvgIpc) is 2.62. The molecule has 1 aromatic heterocycles. The number of urea groups is 1. The van der Waals surface area contributed by atoms with Gasteiger partial charge in [-0.2, -0.15) is 0 Å². The minimum absolute atomic E-state index is 0.269. The highest BCUT2D eigenvalue weighted by atomic mass is 79.9. The summed E-state index contributed by atoms with van der Waals surface area (Å²) in [7, 11) is 0. The van der Waals surface area contributed by atoms with Crippen LogP contribution in [0.3, 0.4) is 0 Å². The van der Waals surface area contributed by atoms with Gasteiger partial charge in [-0.25, -0.2) is 9.78 Å². The maximum absolute atomic E-state index is 12.4. The van der Waals surface area contributed by atoms with Crippen LogP contribution in [0.15, 0.2) is 53.1 Å². The first-order valence-electron chi connectivity index (χ1n) is 8.63. The Balaban J connectivity index is 1.71. The predicted octanol–water partition coefficient (Wildman–Crippen LogP) is 4.79. The monoisotopic (exact) mass is 438 g/mol. The van der Waals surface area contributed by atoms with E-state index < -0.39 is 11.9 Å². The Morgan fingerprint density at radius 2 is 1.61 bits per heavy atom. The van der Waals surface area contributed by atoms with Gasteiger partial charge in [0.2, 0.25) is 0 Å². The third-order valence-corrected chi connectivity index (χ3v) is 4.77. The third kappa shape index (κ3) is 4.43. The molecule has 0 aliphatic carbocycles. The Hall–Kier alpha value is -3.06. The number of carbonyl (C=O) groups excluding carboxylic acids is 2. The van der Waals surface area contributed by atoms with E-state index in [-0.39, 0.29) is 5.82 Å². The van der Waals surface area contributed by atoms with Crippen LogP contribution in [0, 0.1) is 20.8 Å². The van der Waals surface area contributed by atoms with Gasteiger partial charge in [0.15, 0.2) is 5.82 Å². The summed E-state index contributed by atoms with van der Waals surface area (Å²) in [6.45, 7) is 5.47. The van der Waals surface area contributed by atoms with Crippen LogP contribution in [0.25, 0.3) is 11.3 Å². The number of rotatable bonds is 3. The van der Waals surface area contributed by atoms with E-state index in [0.29, 0.717) is 11.3 Å². The molecule has 3 rings (SSSR count). The average molecular weight is 439 g/mol. The van der Waals surface area contributed by atoms with Crippen molar-refractivity contribution in [2.45, 2.75) is 20.8 Å². The SMILES string of the molecule is Cc1cccc(C)c1C(=O)NC(=O)Nc1cnc(-c2ccc(Br)cc2)c(C)n1. The van der Waals surface area contributed by atoms with Crippen molar-refractivity contribution in [3.8, 4) is 11.3 Å². The molecule has 2 aromatic carbocycles. The number of carbonyl (C=O) groups is 2. The van der Waals surface area contributed by atoms with Crippen molar-refractivity contribution in [2.24, 2.45) is 0 Å². The molecule has 0 radical (unpaired) electrons. The summed E-state index contributed by atoms with van der Waals surface area (Å²) in [6, 6.07) is 12.6. The van der Waals surface area contributed by atoms with E-state index in [1.165, 1.54) is 6.20 Å². The van der Waals surface area contributed by atoms with Crippen LogP contribution in [-0.2, 0) is 0 Å². The Bertz CT molecular complexity index is 1030. The predicted molar refractivity (Wildman–Crippen MR) is 112 cm³/mol. The highest BCUT2D eigenvalue weighted by Gasteiger charge is 2.16. The van der Waals surface area contributed by atoms with E-state index in [1.54, 1.807) is 0 Å². The number of benzene rings is 2. The molecule has 6 nitrogen and oxygen atoms in total. The van der Waals surface area contributed by atoms with Gasteiger partial charge in [-0.3, -0.25) is 20.4 Å². The van der Waals surface area contributed by atoms with Crippen LogP contribution in [0.4, 0.5) is 10.6 Å². The third-order valence-electron chi connectivity index (χ3n) is 4.24. The maximum Gasteiger partial charge on any atom is 0.327 e. The van der Waals surface area contributed by atoms with Crippen molar-refractivity contribution >= 4 is 33.7 Å². The highest BCUT2D eigenvalue weighted by Crippen LogP contribution is 2.23. The van der Waals surface area contributed by atoms with E-state index in [0.717, 1.165) is 26.9 Å². The molecule has 0 spiro atoms. The molecule has 0 atom stereocenters. The fourth-order valence-electron chi connectivity index (χ4n) is 2.92. The molecule has 2 N–H and O–H groups in total. The molecule has 0 aliphatic heterocycles. The first-order valence-corrected chi connectivity index (χ1v) is 9.42. The summed E-state index contributed by atoms with van der Waals surface area (Å²) in [6.07, 6.45) is 1.47. The van der Waals surface area contributed by atoms with E-state index in [2.05, 4.69) is 36.5 Å². The number of aryl methyl sites for hydroxylation is 3. The number of imide groups is 1. The van der Waals surface area contributed by atoms with Crippen molar-refractivity contribution in [3.63, 3.8) is 0 Å². The number of hydrogen-bond acceptors (Lipinski definition) is 4. The molecule has 0 unspecified atom stereocenters. The number of anilines is 1. The van der Waals surface area contributed by atoms with Crippen LogP contribution >= 0.6 is 15.9 Å². The first kappa shape index (κ1) is 19.7. The number of halogens is 1. The van der Waals surface area contributed by atoms with Gasteiger partial charge in [0.1, 0.15) is 0 Å². The van der Waals surface area contributed by atoms with E-state index in [1.807, 2.05) is 63.2 Å². The number of nitrogens with one attached hydrogen (secondary N) is 2. The quantitative estimate of drug-likeness (QED) is 0.615. The standard InChI is InChI=1S/C21H19BrN4O2/c1-12-5-4-6-13(2)18(12)20(27)26-21(28)25-17-11-23-19(14(3)24-17)15-7-9-16(22)10-8-15/h4-11H,1-3H3,(H2,24,25,26,27,28). The van der Waals surface area contributed by atoms with Gasteiger partial charge in [0.25, 0.3) is 5.91 Å². The zero-order chi connectivity index (χ0) is 20.3. The van der Waals surface area contributed by atoms with Gasteiger partial charge in [-0.15, -0.1) is 0 Å². The largest absolute Gasteiger partial charge is 0.327 e. The fraction of sp³-hybridized carbons (Fsp3) is 0.143. The van der Waals surface area contributed by atoms with Crippen LogP contribution in [0.2, 0.25) is 0 Å². The minimum atomic E-state index is -0.655. The summed E-state index contributed by atoms with van der Waals surface area (Å²) in [5.41, 5.74) is 4.42. The van der Waals surface area contributed by atoms with Crippen LogP contribution in [0.5, 0.6) is 0 Å². The second-order valence-electron chi connectivity index (χ2n) is 6.37. The van der Waals surface area contributed by atoms with E-state index in [9.17, 15) is 9.59 Å². The number of hydrogen-bond donors (Lipinski definition) is 2. The summed E-state index contributed by atoms with van der Waals surface area (Å²) in [5, 5.41) is 4.89. The van der Waals surface area contributed by atoms with Crippen LogP contribution in [-0.4, -0.2) is 21.9 Å². The molecule has 0 aliphatic rings. The van der Waals surface area contributed by atoms with Crippen molar-refractivity contribution in [1.29, 1.82) is 0 Å². The minimum Gasteiger partial charge on any atom is -0.291 e. The molecule has 0 fully saturated rings. The van der Waals surface area contributed by atoms with Crippen molar-refractivity contribution in [1.82, 2.24) is 15.3 Å². The highest BCUT2D eigenvalue weighted by molar-refractivity contribution is 9.10. The Morgan fingerprint density at radius 3 is 2.21 bits per heavy atom. The van der Waals surface area contributed by atoms with Gasteiger partial charge in [-0.05, 0) is 44.0 Å². The summed E-state index contributed by atoms with van der Waals surface area (Å²) in [5.74, 6) is -0.186. The van der Waals surface area contributed by atoms with Crippen molar-refractivity contribution in [3.05, 3.63) is 75.5 Å². The van der Waals surface area contributed by atoms with Gasteiger partial charge in [-0.1, -0.05) is 46.3 Å². The lowest BCUT2D eigenvalue weighted by molar-refractivity contribution is 0.0966. The van der Waals surface area contributed by atoms with Gasteiger partial charge in [0.05, 0.1) is 17.6 Å². The molecule has 7 heteroatoms. The molecule has 28 heavy (non-hydrogen) atoms. The Kier molecular flexibility index (Phi) is 5.84.